The lowest BCUT2D eigenvalue weighted by Gasteiger charge is -2.37. The van der Waals surface area contributed by atoms with Crippen LogP contribution in [0.1, 0.15) is 25.3 Å². The smallest absolute Gasteiger partial charge is 0.427 e. The van der Waals surface area contributed by atoms with Gasteiger partial charge in [0.1, 0.15) is 5.82 Å². The number of hydrogen-bond acceptors (Lipinski definition) is 7. The lowest BCUT2D eigenvalue weighted by Crippen LogP contribution is -2.47. The minimum Gasteiger partial charge on any atom is -0.427 e. The quantitative estimate of drug-likeness (QED) is 0.320. The summed E-state index contributed by atoms with van der Waals surface area (Å²) in [5.74, 6) is 1.15. The van der Waals surface area contributed by atoms with E-state index in [1.165, 1.54) is 0 Å². The Hall–Kier alpha value is -3.48. The number of morpholine rings is 1. The van der Waals surface area contributed by atoms with Crippen LogP contribution in [0.5, 0.6) is 0 Å². The molecule has 6 rings (SSSR count). The standard InChI is InChI=1S/C30H28BClN4O3/c1-18-16-36(17-23(39-18)11-22-12-27(22)31(37)38)28-10-9-21(14-34-28)26-15-35-30-24(3-2-4-25(30)29(26)32)20-7-5-19(13-33)6-8-20/h2-10,14-15,18,22-23,27,37-38H,11-12,16-17H2,1H3/t18-,22?,23-,27?/m0/s1. The third kappa shape index (κ3) is 5.24. The first kappa shape index (κ1) is 25.8. The van der Waals surface area contributed by atoms with E-state index in [1.807, 2.05) is 48.7 Å². The van der Waals surface area contributed by atoms with Crippen LogP contribution in [0.25, 0.3) is 33.2 Å². The molecule has 0 spiro atoms. The van der Waals surface area contributed by atoms with E-state index in [9.17, 15) is 10.0 Å². The Bertz CT molecular complexity index is 1540. The van der Waals surface area contributed by atoms with E-state index in [0.717, 1.165) is 64.9 Å². The van der Waals surface area contributed by atoms with Crippen LogP contribution in [-0.2, 0) is 4.74 Å². The van der Waals surface area contributed by atoms with E-state index >= 15 is 0 Å². The molecule has 196 valence electrons. The third-order valence-electron chi connectivity index (χ3n) is 7.79. The Morgan fingerprint density at radius 2 is 1.82 bits per heavy atom. The summed E-state index contributed by atoms with van der Waals surface area (Å²) in [6, 6.07) is 19.6. The number of nitrogens with zero attached hydrogens (tertiary/aromatic N) is 4. The van der Waals surface area contributed by atoms with Crippen LogP contribution in [0.4, 0.5) is 5.82 Å². The number of fused-ring (bicyclic) bond motifs is 1. The van der Waals surface area contributed by atoms with Crippen LogP contribution in [-0.4, -0.2) is 52.4 Å². The van der Waals surface area contributed by atoms with Gasteiger partial charge in [-0.1, -0.05) is 41.9 Å². The molecule has 0 radical (unpaired) electrons. The van der Waals surface area contributed by atoms with Gasteiger partial charge >= 0.3 is 7.12 Å². The van der Waals surface area contributed by atoms with Crippen LogP contribution in [0.3, 0.4) is 0 Å². The zero-order valence-electron chi connectivity index (χ0n) is 21.5. The average Bonchev–Trinajstić information content (AvgIpc) is 3.72. The van der Waals surface area contributed by atoms with Crippen molar-refractivity contribution in [3.8, 4) is 28.3 Å². The van der Waals surface area contributed by atoms with Gasteiger partial charge < -0.3 is 19.7 Å². The van der Waals surface area contributed by atoms with Gasteiger partial charge in [-0.15, -0.1) is 0 Å². The molecule has 2 aliphatic rings. The maximum atomic E-state index is 9.43. The molecule has 9 heteroatoms. The molecule has 1 aliphatic carbocycles. The van der Waals surface area contributed by atoms with Crippen LogP contribution in [0.15, 0.2) is 67.0 Å². The molecule has 4 aromatic rings. The first-order valence-electron chi connectivity index (χ1n) is 13.2. The van der Waals surface area contributed by atoms with E-state index < -0.39 is 7.12 Å². The molecule has 39 heavy (non-hydrogen) atoms. The number of aromatic nitrogens is 2. The number of rotatable bonds is 6. The summed E-state index contributed by atoms with van der Waals surface area (Å²) in [6.07, 6.45) is 5.39. The summed E-state index contributed by atoms with van der Waals surface area (Å²) < 4.78 is 6.15. The second kappa shape index (κ2) is 10.6. The van der Waals surface area contributed by atoms with Crippen molar-refractivity contribution in [1.29, 1.82) is 5.26 Å². The summed E-state index contributed by atoms with van der Waals surface area (Å²) >= 11 is 6.92. The molecule has 2 fully saturated rings. The minimum absolute atomic E-state index is 0.0304. The van der Waals surface area contributed by atoms with Crippen molar-refractivity contribution in [2.24, 2.45) is 5.92 Å². The van der Waals surface area contributed by atoms with Gasteiger partial charge in [0.05, 0.1) is 34.4 Å². The fraction of sp³-hybridized carbons (Fsp3) is 0.300. The Balaban J connectivity index is 1.23. The topological polar surface area (TPSA) is 103 Å². The maximum absolute atomic E-state index is 9.43. The van der Waals surface area contributed by atoms with Crippen LogP contribution in [0.2, 0.25) is 10.8 Å². The summed E-state index contributed by atoms with van der Waals surface area (Å²) in [5, 5.41) is 29.4. The molecule has 1 saturated carbocycles. The lowest BCUT2D eigenvalue weighted by molar-refractivity contribution is -0.0226. The van der Waals surface area contributed by atoms with Crippen molar-refractivity contribution in [1.82, 2.24) is 9.97 Å². The predicted molar refractivity (Wildman–Crippen MR) is 153 cm³/mol. The predicted octanol–water partition coefficient (Wildman–Crippen LogP) is 5.34. The molecular formula is C30H28BClN4O3. The summed E-state index contributed by atoms with van der Waals surface area (Å²) in [4.78, 5) is 11.8. The van der Waals surface area contributed by atoms with Crippen molar-refractivity contribution in [3.63, 3.8) is 0 Å². The molecule has 1 aliphatic heterocycles. The highest BCUT2D eigenvalue weighted by Gasteiger charge is 2.46. The van der Waals surface area contributed by atoms with Crippen molar-refractivity contribution in [2.45, 2.75) is 37.8 Å². The minimum atomic E-state index is -1.24. The fourth-order valence-corrected chi connectivity index (χ4v) is 6.00. The van der Waals surface area contributed by atoms with Crippen LogP contribution < -0.4 is 4.90 Å². The molecule has 4 atom stereocenters. The molecule has 0 amide bonds. The van der Waals surface area contributed by atoms with Crippen molar-refractivity contribution < 1.29 is 14.8 Å². The zero-order chi connectivity index (χ0) is 27.1. The number of para-hydroxylation sites is 1. The van der Waals surface area contributed by atoms with E-state index in [4.69, 9.17) is 31.6 Å². The Labute approximate surface area is 232 Å². The number of nitriles is 1. The van der Waals surface area contributed by atoms with Gasteiger partial charge in [-0.25, -0.2) is 4.98 Å². The van der Waals surface area contributed by atoms with Crippen molar-refractivity contribution >= 4 is 35.4 Å². The Morgan fingerprint density at radius 1 is 1.03 bits per heavy atom. The molecule has 1 saturated heterocycles. The van der Waals surface area contributed by atoms with Gasteiger partial charge in [-0.05, 0) is 61.3 Å². The van der Waals surface area contributed by atoms with Crippen LogP contribution >= 0.6 is 11.6 Å². The number of anilines is 1. The number of halogens is 1. The highest BCUT2D eigenvalue weighted by molar-refractivity contribution is 6.44. The van der Waals surface area contributed by atoms with E-state index in [1.54, 1.807) is 18.3 Å². The van der Waals surface area contributed by atoms with E-state index in [-0.39, 0.29) is 18.0 Å². The molecule has 2 aromatic carbocycles. The largest absolute Gasteiger partial charge is 0.455 e. The average molecular weight is 539 g/mol. The lowest BCUT2D eigenvalue weighted by atomic mass is 9.81. The molecule has 3 heterocycles. The molecule has 2 unspecified atom stereocenters. The molecular weight excluding hydrogens is 511 g/mol. The number of pyridine rings is 2. The molecule has 2 aromatic heterocycles. The van der Waals surface area contributed by atoms with Crippen LogP contribution in [0, 0.1) is 17.2 Å². The van der Waals surface area contributed by atoms with Crippen molar-refractivity contribution in [3.05, 3.63) is 77.6 Å². The Morgan fingerprint density at radius 3 is 2.51 bits per heavy atom. The number of ether oxygens (including phenoxy) is 1. The normalized spacial score (nSPS) is 22.5. The highest BCUT2D eigenvalue weighted by Crippen LogP contribution is 2.49. The zero-order valence-corrected chi connectivity index (χ0v) is 22.3. The molecule has 0 bridgehead atoms. The fourth-order valence-electron chi connectivity index (χ4n) is 5.69. The Kier molecular flexibility index (Phi) is 7.00. The second-order valence-corrected chi connectivity index (χ2v) is 10.9. The first-order valence-corrected chi connectivity index (χ1v) is 13.6. The maximum Gasteiger partial charge on any atom is 0.455 e. The summed E-state index contributed by atoms with van der Waals surface area (Å²) in [6.45, 7) is 3.53. The second-order valence-electron chi connectivity index (χ2n) is 10.6. The van der Waals surface area contributed by atoms with Gasteiger partial charge in [0.15, 0.2) is 0 Å². The number of benzene rings is 2. The third-order valence-corrected chi connectivity index (χ3v) is 8.20. The van der Waals surface area contributed by atoms with E-state index in [0.29, 0.717) is 16.5 Å². The van der Waals surface area contributed by atoms with Gasteiger partial charge in [-0.3, -0.25) is 4.98 Å². The summed E-state index contributed by atoms with van der Waals surface area (Å²) in [5.41, 5.74) is 5.06. The van der Waals surface area contributed by atoms with Crippen molar-refractivity contribution in [2.75, 3.05) is 18.0 Å². The molecule has 7 nitrogen and oxygen atoms in total. The highest BCUT2D eigenvalue weighted by atomic mass is 35.5. The molecule has 2 N–H and O–H groups in total. The van der Waals surface area contributed by atoms with Gasteiger partial charge in [-0.2, -0.15) is 5.26 Å². The van der Waals surface area contributed by atoms with E-state index in [2.05, 4.69) is 17.9 Å². The monoisotopic (exact) mass is 538 g/mol. The number of hydrogen-bond donors (Lipinski definition) is 2. The van der Waals surface area contributed by atoms with Gasteiger partial charge in [0.25, 0.3) is 0 Å². The van der Waals surface area contributed by atoms with Gasteiger partial charge in [0.2, 0.25) is 0 Å². The first-order chi connectivity index (χ1) is 18.9. The van der Waals surface area contributed by atoms with Gasteiger partial charge in [0, 0.05) is 47.6 Å². The SMILES string of the molecule is C[C@H]1CN(c2ccc(-c3cnc4c(-c5ccc(C#N)cc5)cccc4c3Cl)cn2)C[C@H](CC2CC2B(O)O)O1. The summed E-state index contributed by atoms with van der Waals surface area (Å²) in [7, 11) is -1.24.